The molecule has 6 heteroatoms. The molecular weight excluding hydrogens is 279 g/mol. The number of rotatable bonds is 3. The Morgan fingerprint density at radius 1 is 1.32 bits per heavy atom. The van der Waals surface area contributed by atoms with E-state index in [4.69, 9.17) is 16.3 Å². The highest BCUT2D eigenvalue weighted by Crippen LogP contribution is 2.33. The number of hydrogen-bond donors (Lipinski definition) is 1. The Morgan fingerprint density at radius 2 is 2.11 bits per heavy atom. The van der Waals surface area contributed by atoms with Gasteiger partial charge < -0.3 is 10.1 Å². The Morgan fingerprint density at radius 3 is 2.74 bits per heavy atom. The maximum absolute atomic E-state index is 12.6. The van der Waals surface area contributed by atoms with Crippen LogP contribution in [-0.2, 0) is 10.9 Å². The highest BCUT2D eigenvalue weighted by atomic mass is 35.5. The van der Waals surface area contributed by atoms with Gasteiger partial charge in [-0.05, 0) is 37.5 Å². The van der Waals surface area contributed by atoms with Gasteiger partial charge in [0.25, 0.3) is 0 Å². The number of alkyl halides is 3. The van der Waals surface area contributed by atoms with Crippen LogP contribution in [0.25, 0.3) is 0 Å². The van der Waals surface area contributed by atoms with Crippen LogP contribution in [0.4, 0.5) is 18.9 Å². The van der Waals surface area contributed by atoms with Crippen LogP contribution >= 0.6 is 11.6 Å². The summed E-state index contributed by atoms with van der Waals surface area (Å²) in [6.45, 7) is 1.18. The molecule has 1 atom stereocenters. The molecule has 1 aliphatic heterocycles. The smallest absolute Gasteiger partial charge is 0.381 e. The molecule has 1 aromatic carbocycles. The second kappa shape index (κ2) is 6.01. The monoisotopic (exact) mass is 293 g/mol. The molecule has 0 bridgehead atoms. The predicted octanol–water partition coefficient (Wildman–Crippen LogP) is 4.34. The lowest BCUT2D eigenvalue weighted by atomic mass is 10.1. The van der Waals surface area contributed by atoms with Crippen LogP contribution in [-0.4, -0.2) is 19.3 Å². The van der Waals surface area contributed by atoms with Crippen molar-refractivity contribution >= 4 is 17.3 Å². The van der Waals surface area contributed by atoms with Gasteiger partial charge >= 0.3 is 6.18 Å². The summed E-state index contributed by atoms with van der Waals surface area (Å²) in [5, 5.41) is 3.22. The van der Waals surface area contributed by atoms with Crippen LogP contribution in [0.2, 0.25) is 5.02 Å². The summed E-state index contributed by atoms with van der Waals surface area (Å²) in [5.74, 6) is 0. The normalized spacial score (nSPS) is 20.3. The molecule has 1 saturated heterocycles. The van der Waals surface area contributed by atoms with Crippen molar-refractivity contribution in [3.05, 3.63) is 28.8 Å². The van der Waals surface area contributed by atoms with Crippen LogP contribution in [0.15, 0.2) is 18.2 Å². The van der Waals surface area contributed by atoms with Gasteiger partial charge in [-0.25, -0.2) is 0 Å². The number of hydrogen-bond acceptors (Lipinski definition) is 2. The van der Waals surface area contributed by atoms with Crippen molar-refractivity contribution in [2.45, 2.75) is 31.5 Å². The van der Waals surface area contributed by atoms with Gasteiger partial charge in [-0.3, -0.25) is 0 Å². The average Bonchev–Trinajstić information content (AvgIpc) is 2.37. The van der Waals surface area contributed by atoms with Gasteiger partial charge in [-0.2, -0.15) is 13.2 Å². The van der Waals surface area contributed by atoms with Gasteiger partial charge in [-0.1, -0.05) is 11.6 Å². The van der Waals surface area contributed by atoms with Crippen molar-refractivity contribution in [3.63, 3.8) is 0 Å². The Hall–Kier alpha value is -0.940. The fourth-order valence-corrected chi connectivity index (χ4v) is 2.21. The summed E-state index contributed by atoms with van der Waals surface area (Å²) in [6, 6.07) is 3.27. The van der Waals surface area contributed by atoms with E-state index in [1.165, 1.54) is 6.07 Å². The third-order valence-corrected chi connectivity index (χ3v) is 3.42. The molecular formula is C13H15ClF3NO. The summed E-state index contributed by atoms with van der Waals surface area (Å²) in [6.07, 6.45) is -1.27. The molecule has 0 saturated carbocycles. The van der Waals surface area contributed by atoms with Crippen molar-refractivity contribution in [1.82, 2.24) is 0 Å². The van der Waals surface area contributed by atoms with E-state index in [1.54, 1.807) is 0 Å². The maximum atomic E-state index is 12.6. The molecule has 2 nitrogen and oxygen atoms in total. The van der Waals surface area contributed by atoms with Crippen molar-refractivity contribution in [2.24, 2.45) is 0 Å². The Balaban J connectivity index is 2.02. The lowest BCUT2D eigenvalue weighted by Gasteiger charge is -2.23. The third-order valence-electron chi connectivity index (χ3n) is 3.09. The predicted molar refractivity (Wildman–Crippen MR) is 68.5 cm³/mol. The third kappa shape index (κ3) is 4.01. The highest BCUT2D eigenvalue weighted by Gasteiger charge is 2.31. The lowest BCUT2D eigenvalue weighted by Crippen LogP contribution is -2.27. The minimum absolute atomic E-state index is 0.0411. The minimum atomic E-state index is -4.36. The summed E-state index contributed by atoms with van der Waals surface area (Å²) < 4.78 is 43.3. The van der Waals surface area contributed by atoms with Gasteiger partial charge in [0.15, 0.2) is 0 Å². The first-order valence-electron chi connectivity index (χ1n) is 6.19. The zero-order valence-corrected chi connectivity index (χ0v) is 11.0. The number of halogens is 4. The van der Waals surface area contributed by atoms with Crippen molar-refractivity contribution in [2.75, 3.05) is 18.5 Å². The maximum Gasteiger partial charge on any atom is 0.416 e. The molecule has 19 heavy (non-hydrogen) atoms. The van der Waals surface area contributed by atoms with E-state index in [1.807, 2.05) is 0 Å². The molecule has 0 amide bonds. The first-order chi connectivity index (χ1) is 8.97. The van der Waals surface area contributed by atoms with E-state index in [0.717, 1.165) is 31.4 Å². The lowest BCUT2D eigenvalue weighted by molar-refractivity contribution is -0.137. The molecule has 0 aliphatic carbocycles. The minimum Gasteiger partial charge on any atom is -0.381 e. The fourth-order valence-electron chi connectivity index (χ4n) is 2.03. The van der Waals surface area contributed by atoms with Crippen molar-refractivity contribution in [1.29, 1.82) is 0 Å². The number of anilines is 1. The van der Waals surface area contributed by atoms with Crippen molar-refractivity contribution < 1.29 is 17.9 Å². The van der Waals surface area contributed by atoms with E-state index in [2.05, 4.69) is 5.32 Å². The average molecular weight is 294 g/mol. The van der Waals surface area contributed by atoms with Gasteiger partial charge in [0.05, 0.1) is 22.4 Å². The zero-order valence-electron chi connectivity index (χ0n) is 10.3. The van der Waals surface area contributed by atoms with E-state index in [0.29, 0.717) is 18.8 Å². The standard InChI is InChI=1S/C13H15ClF3NO/c14-11-5-4-9(13(15,16)17)7-12(11)18-8-10-3-1-2-6-19-10/h4-5,7,10,18H,1-3,6,8H2. The topological polar surface area (TPSA) is 21.3 Å². The Labute approximate surface area is 114 Å². The molecule has 1 fully saturated rings. The second-order valence-electron chi connectivity index (χ2n) is 4.56. The highest BCUT2D eigenvalue weighted by molar-refractivity contribution is 6.33. The zero-order chi connectivity index (χ0) is 13.9. The number of ether oxygens (including phenoxy) is 1. The summed E-state index contributed by atoms with van der Waals surface area (Å²) >= 11 is 5.89. The molecule has 2 rings (SSSR count). The summed E-state index contributed by atoms with van der Waals surface area (Å²) in [7, 11) is 0. The van der Waals surface area contributed by atoms with Crippen LogP contribution < -0.4 is 5.32 Å². The molecule has 1 unspecified atom stereocenters. The van der Waals surface area contributed by atoms with Gasteiger partial charge in [-0.15, -0.1) is 0 Å². The van der Waals surface area contributed by atoms with Crippen molar-refractivity contribution in [3.8, 4) is 0 Å². The Bertz CT molecular complexity index is 430. The van der Waals surface area contributed by atoms with Crippen LogP contribution in [0.1, 0.15) is 24.8 Å². The van der Waals surface area contributed by atoms with Gasteiger partial charge in [0, 0.05) is 13.2 Å². The molecule has 0 aromatic heterocycles. The molecule has 0 spiro atoms. The Kier molecular flexibility index (Phi) is 4.58. The quantitative estimate of drug-likeness (QED) is 0.895. The SMILES string of the molecule is FC(F)(F)c1ccc(Cl)c(NCC2CCCCO2)c1. The first-order valence-corrected chi connectivity index (χ1v) is 6.57. The molecule has 0 radical (unpaired) electrons. The second-order valence-corrected chi connectivity index (χ2v) is 4.97. The van der Waals surface area contributed by atoms with E-state index in [9.17, 15) is 13.2 Å². The van der Waals surface area contributed by atoms with Crippen LogP contribution in [0.3, 0.4) is 0 Å². The first kappa shape index (κ1) is 14.5. The summed E-state index contributed by atoms with van der Waals surface area (Å²) in [4.78, 5) is 0. The number of benzene rings is 1. The molecule has 1 aliphatic rings. The van der Waals surface area contributed by atoms with Crippen LogP contribution in [0, 0.1) is 0 Å². The molecule has 1 N–H and O–H groups in total. The van der Waals surface area contributed by atoms with Crippen LogP contribution in [0.5, 0.6) is 0 Å². The summed E-state index contributed by atoms with van der Waals surface area (Å²) in [5.41, 5.74) is -0.408. The largest absolute Gasteiger partial charge is 0.416 e. The number of nitrogens with one attached hydrogen (secondary N) is 1. The van der Waals surface area contributed by atoms with E-state index >= 15 is 0 Å². The molecule has 106 valence electrons. The van der Waals surface area contributed by atoms with E-state index in [-0.39, 0.29) is 11.1 Å². The van der Waals surface area contributed by atoms with Gasteiger partial charge in [0.2, 0.25) is 0 Å². The molecule has 1 heterocycles. The van der Waals surface area contributed by atoms with Gasteiger partial charge in [0.1, 0.15) is 0 Å². The fraction of sp³-hybridized carbons (Fsp3) is 0.538. The molecule has 1 aromatic rings. The van der Waals surface area contributed by atoms with E-state index < -0.39 is 11.7 Å².